The Morgan fingerprint density at radius 2 is 1.83 bits per heavy atom. The number of nitrogens with zero attached hydrogens (tertiary/aromatic N) is 1. The number of para-hydroxylation sites is 1. The van der Waals surface area contributed by atoms with E-state index in [9.17, 15) is 4.79 Å². The molecule has 0 aliphatic rings. The van der Waals surface area contributed by atoms with Crippen LogP contribution in [0.15, 0.2) is 48.5 Å². The summed E-state index contributed by atoms with van der Waals surface area (Å²) in [5, 5.41) is 1.69. The Balaban J connectivity index is 2.13. The van der Waals surface area contributed by atoms with E-state index in [0.29, 0.717) is 23.7 Å². The Bertz CT molecular complexity index is 816. The number of halogens is 1. The summed E-state index contributed by atoms with van der Waals surface area (Å²) in [7, 11) is 0. The minimum absolute atomic E-state index is 0.00570. The molecule has 4 heteroatoms. The number of carbonyl (C=O) groups is 1. The van der Waals surface area contributed by atoms with Crippen LogP contribution in [0.3, 0.4) is 0 Å². The topological polar surface area (TPSA) is 36.1 Å². The number of benzene rings is 2. The van der Waals surface area contributed by atoms with Gasteiger partial charge in [0, 0.05) is 40.3 Å². The van der Waals surface area contributed by atoms with Gasteiger partial charge in [-0.3, -0.25) is 4.79 Å². The number of rotatable bonds is 4. The van der Waals surface area contributed by atoms with Gasteiger partial charge in [-0.05, 0) is 38.1 Å². The molecule has 0 saturated heterocycles. The average Bonchev–Trinajstić information content (AvgIpc) is 2.99. The summed E-state index contributed by atoms with van der Waals surface area (Å²) in [6.07, 6.45) is 0. The molecule has 118 valence electrons. The van der Waals surface area contributed by atoms with Gasteiger partial charge in [-0.1, -0.05) is 35.9 Å². The molecule has 0 aliphatic heterocycles. The number of hydrogen-bond acceptors (Lipinski definition) is 1. The van der Waals surface area contributed by atoms with E-state index >= 15 is 0 Å². The van der Waals surface area contributed by atoms with Crippen LogP contribution in [0.4, 0.5) is 0 Å². The number of carbonyl (C=O) groups excluding carboxylic acids is 1. The van der Waals surface area contributed by atoms with Gasteiger partial charge in [0.2, 0.25) is 0 Å². The molecule has 23 heavy (non-hydrogen) atoms. The third kappa shape index (κ3) is 2.97. The van der Waals surface area contributed by atoms with Crippen LogP contribution in [0.2, 0.25) is 5.02 Å². The highest BCUT2D eigenvalue weighted by Crippen LogP contribution is 2.29. The fourth-order valence-corrected chi connectivity index (χ4v) is 3.00. The van der Waals surface area contributed by atoms with Crippen LogP contribution < -0.4 is 0 Å². The molecule has 0 radical (unpaired) electrons. The fraction of sp³-hybridized carbons (Fsp3) is 0.211. The lowest BCUT2D eigenvalue weighted by Crippen LogP contribution is -2.30. The quantitative estimate of drug-likeness (QED) is 0.722. The van der Waals surface area contributed by atoms with Crippen molar-refractivity contribution in [2.75, 3.05) is 13.1 Å². The van der Waals surface area contributed by atoms with Gasteiger partial charge in [-0.2, -0.15) is 0 Å². The van der Waals surface area contributed by atoms with Gasteiger partial charge in [0.25, 0.3) is 5.91 Å². The number of aromatic nitrogens is 1. The van der Waals surface area contributed by atoms with Crippen molar-refractivity contribution in [2.24, 2.45) is 0 Å². The Kier molecular flexibility index (Phi) is 4.39. The van der Waals surface area contributed by atoms with Gasteiger partial charge in [0.1, 0.15) is 0 Å². The van der Waals surface area contributed by atoms with Crippen molar-refractivity contribution in [3.8, 4) is 11.3 Å². The first-order valence-electron chi connectivity index (χ1n) is 7.81. The molecule has 1 aromatic heterocycles. The normalized spacial score (nSPS) is 10.9. The summed E-state index contributed by atoms with van der Waals surface area (Å²) in [6, 6.07) is 15.6. The van der Waals surface area contributed by atoms with Gasteiger partial charge in [-0.25, -0.2) is 0 Å². The molecule has 0 fully saturated rings. The van der Waals surface area contributed by atoms with E-state index in [0.717, 1.165) is 22.2 Å². The van der Waals surface area contributed by atoms with Crippen LogP contribution in [0.5, 0.6) is 0 Å². The minimum Gasteiger partial charge on any atom is -0.355 e. The van der Waals surface area contributed by atoms with Crippen LogP contribution >= 0.6 is 11.6 Å². The number of H-pyrrole nitrogens is 1. The third-order valence-electron chi connectivity index (χ3n) is 4.08. The van der Waals surface area contributed by atoms with Gasteiger partial charge in [-0.15, -0.1) is 0 Å². The van der Waals surface area contributed by atoms with E-state index in [2.05, 4.69) is 17.1 Å². The highest BCUT2D eigenvalue weighted by molar-refractivity contribution is 6.31. The molecule has 1 amide bonds. The van der Waals surface area contributed by atoms with Crippen molar-refractivity contribution in [3.63, 3.8) is 0 Å². The highest BCUT2D eigenvalue weighted by Gasteiger charge is 2.19. The van der Waals surface area contributed by atoms with Gasteiger partial charge >= 0.3 is 0 Å². The van der Waals surface area contributed by atoms with Gasteiger partial charge in [0.05, 0.1) is 5.56 Å². The predicted molar refractivity (Wildman–Crippen MR) is 96.0 cm³/mol. The second-order valence-corrected chi connectivity index (χ2v) is 5.87. The zero-order valence-corrected chi connectivity index (χ0v) is 14.0. The average molecular weight is 327 g/mol. The molecule has 0 aliphatic carbocycles. The smallest absolute Gasteiger partial charge is 0.254 e. The third-order valence-corrected chi connectivity index (χ3v) is 4.32. The maximum Gasteiger partial charge on any atom is 0.254 e. The highest BCUT2D eigenvalue weighted by atomic mass is 35.5. The van der Waals surface area contributed by atoms with Crippen LogP contribution in [0.25, 0.3) is 22.2 Å². The van der Waals surface area contributed by atoms with E-state index in [1.807, 2.05) is 44.2 Å². The molecular formula is C19H19ClN2O. The second kappa shape index (κ2) is 6.47. The van der Waals surface area contributed by atoms with Crippen LogP contribution in [0, 0.1) is 0 Å². The molecule has 2 aromatic carbocycles. The van der Waals surface area contributed by atoms with Crippen molar-refractivity contribution in [3.05, 3.63) is 59.1 Å². The Morgan fingerprint density at radius 3 is 2.52 bits per heavy atom. The zero-order valence-electron chi connectivity index (χ0n) is 13.3. The fourth-order valence-electron chi connectivity index (χ4n) is 2.83. The van der Waals surface area contributed by atoms with Crippen LogP contribution in [-0.4, -0.2) is 28.9 Å². The van der Waals surface area contributed by atoms with Gasteiger partial charge < -0.3 is 9.88 Å². The van der Waals surface area contributed by atoms with E-state index in [1.54, 1.807) is 11.0 Å². The van der Waals surface area contributed by atoms with E-state index in [4.69, 9.17) is 11.6 Å². The first kappa shape index (κ1) is 15.6. The zero-order chi connectivity index (χ0) is 16.4. The monoisotopic (exact) mass is 326 g/mol. The number of nitrogens with one attached hydrogen (secondary N) is 1. The largest absolute Gasteiger partial charge is 0.355 e. The molecule has 3 rings (SSSR count). The van der Waals surface area contributed by atoms with E-state index in [1.165, 1.54) is 0 Å². The summed E-state index contributed by atoms with van der Waals surface area (Å²) in [6.45, 7) is 5.31. The minimum atomic E-state index is 0.00570. The van der Waals surface area contributed by atoms with Crippen LogP contribution in [0.1, 0.15) is 24.2 Å². The number of fused-ring (bicyclic) bond motifs is 1. The summed E-state index contributed by atoms with van der Waals surface area (Å²) < 4.78 is 0. The SMILES string of the molecule is CCN(CC)C(=O)c1cc(Cl)ccc1-c1cc2ccccc2[nH]1. The van der Waals surface area contributed by atoms with Crippen LogP contribution in [-0.2, 0) is 0 Å². The Hall–Kier alpha value is -2.26. The van der Waals surface area contributed by atoms with Crippen molar-refractivity contribution in [2.45, 2.75) is 13.8 Å². The molecule has 0 atom stereocenters. The molecule has 0 spiro atoms. The summed E-state index contributed by atoms with van der Waals surface area (Å²) >= 11 is 6.14. The maximum absolute atomic E-state index is 12.8. The standard InChI is InChI=1S/C19H19ClN2O/c1-3-22(4-2)19(23)16-12-14(20)9-10-15(16)18-11-13-7-5-6-8-17(13)21-18/h5-12,21H,3-4H2,1-2H3. The number of aromatic amines is 1. The van der Waals surface area contributed by atoms with Gasteiger partial charge in [0.15, 0.2) is 0 Å². The lowest BCUT2D eigenvalue weighted by Gasteiger charge is -2.20. The van der Waals surface area contributed by atoms with Crippen molar-refractivity contribution >= 4 is 28.4 Å². The molecule has 3 aromatic rings. The van der Waals surface area contributed by atoms with Crippen molar-refractivity contribution in [1.29, 1.82) is 0 Å². The van der Waals surface area contributed by atoms with E-state index in [-0.39, 0.29) is 5.91 Å². The van der Waals surface area contributed by atoms with Crippen molar-refractivity contribution < 1.29 is 4.79 Å². The first-order chi connectivity index (χ1) is 11.1. The second-order valence-electron chi connectivity index (χ2n) is 5.44. The number of hydrogen-bond donors (Lipinski definition) is 1. The molecular weight excluding hydrogens is 308 g/mol. The number of amides is 1. The first-order valence-corrected chi connectivity index (χ1v) is 8.18. The molecule has 0 saturated carbocycles. The maximum atomic E-state index is 12.8. The summed E-state index contributed by atoms with van der Waals surface area (Å²) in [5.41, 5.74) is 3.49. The molecule has 0 bridgehead atoms. The lowest BCUT2D eigenvalue weighted by atomic mass is 10.0. The summed E-state index contributed by atoms with van der Waals surface area (Å²) in [5.74, 6) is 0.00570. The Morgan fingerprint density at radius 1 is 1.09 bits per heavy atom. The molecule has 3 nitrogen and oxygen atoms in total. The molecule has 1 N–H and O–H groups in total. The molecule has 0 unspecified atom stereocenters. The Labute approximate surface area is 140 Å². The predicted octanol–water partition coefficient (Wildman–Crippen LogP) is 4.97. The summed E-state index contributed by atoms with van der Waals surface area (Å²) in [4.78, 5) is 18.0. The molecule has 1 heterocycles. The lowest BCUT2D eigenvalue weighted by molar-refractivity contribution is 0.0773. The van der Waals surface area contributed by atoms with E-state index < -0.39 is 0 Å². The van der Waals surface area contributed by atoms with Crippen molar-refractivity contribution in [1.82, 2.24) is 9.88 Å².